The monoisotopic (exact) mass is 335 g/mol. The lowest BCUT2D eigenvalue weighted by molar-refractivity contribution is -0.0116. The van der Waals surface area contributed by atoms with E-state index in [0.29, 0.717) is 0 Å². The maximum Gasteiger partial charge on any atom is 0.129 e. The van der Waals surface area contributed by atoms with Crippen LogP contribution in [0, 0.1) is 0 Å². The molecule has 2 nitrogen and oxygen atoms in total. The second kappa shape index (κ2) is 4.80. The predicted molar refractivity (Wildman–Crippen MR) is 105 cm³/mol. The Balaban J connectivity index is 1.84. The second-order valence-corrected chi connectivity index (χ2v) is 7.12. The first-order chi connectivity index (χ1) is 12.9. The van der Waals surface area contributed by atoms with Gasteiger partial charge in [-0.3, -0.25) is 4.98 Å². The zero-order valence-electron chi connectivity index (χ0n) is 14.4. The van der Waals surface area contributed by atoms with Crippen molar-refractivity contribution in [2.75, 3.05) is 7.11 Å². The van der Waals surface area contributed by atoms with E-state index in [1.54, 1.807) is 0 Å². The smallest absolute Gasteiger partial charge is 0.129 e. The highest BCUT2D eigenvalue weighted by Crippen LogP contribution is 2.63. The lowest BCUT2D eigenvalue weighted by Gasteiger charge is -2.52. The van der Waals surface area contributed by atoms with Crippen molar-refractivity contribution in [2.45, 2.75) is 11.5 Å². The van der Waals surface area contributed by atoms with Gasteiger partial charge in [0.2, 0.25) is 0 Å². The molecule has 0 N–H and O–H groups in total. The molecule has 1 aromatic heterocycles. The molecule has 26 heavy (non-hydrogen) atoms. The van der Waals surface area contributed by atoms with E-state index in [1.165, 1.54) is 43.8 Å². The number of hydrogen-bond donors (Lipinski definition) is 0. The molecule has 124 valence electrons. The van der Waals surface area contributed by atoms with E-state index in [-0.39, 0.29) is 5.92 Å². The van der Waals surface area contributed by atoms with Crippen LogP contribution in [-0.2, 0) is 10.3 Å². The topological polar surface area (TPSA) is 22.1 Å². The molecule has 2 heteroatoms. The van der Waals surface area contributed by atoms with E-state index in [1.807, 2.05) is 19.5 Å². The first-order valence-corrected chi connectivity index (χ1v) is 8.98. The molecule has 0 radical (unpaired) electrons. The summed E-state index contributed by atoms with van der Waals surface area (Å²) in [5.41, 5.74) is 4.75. The van der Waals surface area contributed by atoms with Gasteiger partial charge < -0.3 is 4.74 Å². The maximum atomic E-state index is 6.32. The highest BCUT2D eigenvalue weighted by atomic mass is 16.5. The minimum Gasteiger partial charge on any atom is -0.368 e. The van der Waals surface area contributed by atoms with Crippen LogP contribution < -0.4 is 0 Å². The molecule has 0 spiro atoms. The molecule has 2 unspecified atom stereocenters. The maximum absolute atomic E-state index is 6.32. The fourth-order valence-corrected chi connectivity index (χ4v) is 5.12. The highest BCUT2D eigenvalue weighted by molar-refractivity contribution is 6.13. The highest BCUT2D eigenvalue weighted by Gasteiger charge is 2.56. The van der Waals surface area contributed by atoms with Crippen molar-refractivity contribution in [3.8, 4) is 0 Å². The fraction of sp³-hybridized carbons (Fsp3) is 0.125. The fourth-order valence-electron chi connectivity index (χ4n) is 5.12. The van der Waals surface area contributed by atoms with Crippen LogP contribution in [0.2, 0.25) is 0 Å². The molecule has 0 bridgehead atoms. The Morgan fingerprint density at radius 1 is 0.885 bits per heavy atom. The Bertz CT molecular complexity index is 1240. The van der Waals surface area contributed by atoms with Gasteiger partial charge in [0.15, 0.2) is 0 Å². The first kappa shape index (κ1) is 14.2. The summed E-state index contributed by atoms with van der Waals surface area (Å²) in [5.74, 6) is 0.216. The van der Waals surface area contributed by atoms with Crippen LogP contribution >= 0.6 is 0 Å². The molecule has 2 atom stereocenters. The van der Waals surface area contributed by atoms with E-state index >= 15 is 0 Å². The van der Waals surface area contributed by atoms with Gasteiger partial charge in [0.1, 0.15) is 5.60 Å². The van der Waals surface area contributed by atoms with Crippen LogP contribution in [0.25, 0.3) is 27.6 Å². The van der Waals surface area contributed by atoms with Gasteiger partial charge in [0, 0.05) is 36.4 Å². The summed E-state index contributed by atoms with van der Waals surface area (Å²) in [4.78, 5) is 4.42. The van der Waals surface area contributed by atoms with Crippen LogP contribution in [0.4, 0.5) is 0 Å². The molecule has 0 saturated carbocycles. The zero-order valence-corrected chi connectivity index (χ0v) is 14.4. The average Bonchev–Trinajstić information content (AvgIpc) is 2.69. The third-order valence-corrected chi connectivity index (χ3v) is 6.14. The van der Waals surface area contributed by atoms with Crippen LogP contribution in [0.5, 0.6) is 0 Å². The van der Waals surface area contributed by atoms with Gasteiger partial charge >= 0.3 is 0 Å². The number of methoxy groups -OCH3 is 1. The summed E-state index contributed by atoms with van der Waals surface area (Å²) >= 11 is 0. The number of aromatic nitrogens is 1. The summed E-state index contributed by atoms with van der Waals surface area (Å²) in [7, 11) is 1.84. The van der Waals surface area contributed by atoms with Gasteiger partial charge in [-0.2, -0.15) is 0 Å². The summed E-state index contributed by atoms with van der Waals surface area (Å²) in [6, 6.07) is 19.4. The van der Waals surface area contributed by atoms with E-state index in [9.17, 15) is 0 Å². The van der Waals surface area contributed by atoms with Crippen molar-refractivity contribution in [3.05, 3.63) is 95.3 Å². The van der Waals surface area contributed by atoms with E-state index in [4.69, 9.17) is 4.74 Å². The van der Waals surface area contributed by atoms with Gasteiger partial charge in [0.25, 0.3) is 0 Å². The van der Waals surface area contributed by atoms with Crippen LogP contribution in [0.1, 0.15) is 28.2 Å². The molecule has 4 aromatic rings. The van der Waals surface area contributed by atoms with Gasteiger partial charge in [-0.1, -0.05) is 60.7 Å². The Labute approximate surface area is 151 Å². The standard InChI is InChI=1S/C24H17NO/c1-26-24-20-9-5-2-6-15(20)10-11-21(24)22-19-14-25-13-12-17(19)16-7-3-4-8-18(16)23(22)24/h2-14,21H,1H3. The van der Waals surface area contributed by atoms with Crippen LogP contribution in [-0.4, -0.2) is 12.1 Å². The van der Waals surface area contributed by atoms with Crippen LogP contribution in [0.15, 0.2) is 73.1 Å². The number of hydrogen-bond acceptors (Lipinski definition) is 2. The molecule has 3 aromatic carbocycles. The molecule has 0 fully saturated rings. The molecule has 1 heterocycles. The lowest BCUT2D eigenvalue weighted by atomic mass is 9.56. The van der Waals surface area contributed by atoms with Gasteiger partial charge in [-0.25, -0.2) is 0 Å². The van der Waals surface area contributed by atoms with Gasteiger partial charge in [-0.15, -0.1) is 0 Å². The molecule has 2 aliphatic carbocycles. The Morgan fingerprint density at radius 2 is 1.65 bits per heavy atom. The minimum absolute atomic E-state index is 0.216. The number of ether oxygens (including phenoxy) is 1. The van der Waals surface area contributed by atoms with Crippen molar-refractivity contribution < 1.29 is 4.74 Å². The van der Waals surface area contributed by atoms with Crippen LogP contribution in [0.3, 0.4) is 0 Å². The lowest BCUT2D eigenvalue weighted by Crippen LogP contribution is -2.47. The SMILES string of the molecule is COC12c3ccccc3C=CC1c1c2c2ccccc2c2ccncc12. The van der Waals surface area contributed by atoms with E-state index < -0.39 is 5.60 Å². The predicted octanol–water partition coefficient (Wildman–Crippen LogP) is 5.40. The molecular formula is C24H17NO. The minimum atomic E-state index is -0.412. The largest absolute Gasteiger partial charge is 0.368 e. The van der Waals surface area contributed by atoms with Crippen molar-refractivity contribution in [3.63, 3.8) is 0 Å². The second-order valence-electron chi connectivity index (χ2n) is 7.12. The summed E-state index contributed by atoms with van der Waals surface area (Å²) in [6.45, 7) is 0. The Hall–Kier alpha value is -2.97. The molecule has 0 amide bonds. The zero-order chi connectivity index (χ0) is 17.3. The molecule has 6 rings (SSSR count). The number of pyridine rings is 1. The van der Waals surface area contributed by atoms with Gasteiger partial charge in [-0.05, 0) is 38.9 Å². The van der Waals surface area contributed by atoms with Crippen molar-refractivity contribution in [1.29, 1.82) is 0 Å². The summed E-state index contributed by atoms with van der Waals surface area (Å²) in [5, 5.41) is 5.06. The Morgan fingerprint density at radius 3 is 2.54 bits per heavy atom. The molecule has 0 aliphatic heterocycles. The Kier molecular flexibility index (Phi) is 2.63. The number of nitrogens with zero attached hydrogens (tertiary/aromatic N) is 1. The third kappa shape index (κ3) is 1.46. The van der Waals surface area contributed by atoms with E-state index in [0.717, 1.165) is 0 Å². The van der Waals surface area contributed by atoms with Crippen molar-refractivity contribution >= 4 is 27.6 Å². The summed E-state index contributed by atoms with van der Waals surface area (Å²) < 4.78 is 6.32. The van der Waals surface area contributed by atoms with Crippen molar-refractivity contribution in [1.82, 2.24) is 4.98 Å². The first-order valence-electron chi connectivity index (χ1n) is 8.98. The van der Waals surface area contributed by atoms with E-state index in [2.05, 4.69) is 71.7 Å². The molecule has 0 saturated heterocycles. The van der Waals surface area contributed by atoms with Gasteiger partial charge in [0.05, 0.1) is 0 Å². The quantitative estimate of drug-likeness (QED) is 0.434. The summed E-state index contributed by atoms with van der Waals surface area (Å²) in [6.07, 6.45) is 8.43. The normalized spacial score (nSPS) is 22.6. The number of fused-ring (bicyclic) bond motifs is 11. The third-order valence-electron chi connectivity index (χ3n) is 6.14. The molecule has 2 aliphatic rings. The number of benzene rings is 3. The van der Waals surface area contributed by atoms with Crippen molar-refractivity contribution in [2.24, 2.45) is 0 Å². The average molecular weight is 335 g/mol. The number of rotatable bonds is 1. The molecular weight excluding hydrogens is 318 g/mol.